The van der Waals surface area contributed by atoms with Crippen molar-refractivity contribution >= 4 is 24.2 Å². The topological polar surface area (TPSA) is 15.6 Å². The van der Waals surface area contributed by atoms with Crippen LogP contribution in [0, 0.1) is 19.7 Å². The Morgan fingerprint density at radius 2 is 1.74 bits per heavy atom. The average molecular weight is 310 g/mol. The quantitative estimate of drug-likeness (QED) is 0.420. The largest absolute Gasteiger partial charge is 0.366 e. The standard InChI is InChI=1S/C20H23FN2/c1-5-23(4)14-22-20-13-15(2)18(12-16(20)3)11-10-17-8-6-7-9-19(17)21/h6-14H,5H2,1-4H3/b11-10-,22-14?. The molecule has 0 spiro atoms. The molecule has 2 aromatic carbocycles. The minimum Gasteiger partial charge on any atom is -0.366 e. The zero-order valence-corrected chi connectivity index (χ0v) is 14.2. The Hall–Kier alpha value is -2.42. The van der Waals surface area contributed by atoms with Gasteiger partial charge in [-0.05, 0) is 55.7 Å². The lowest BCUT2D eigenvalue weighted by molar-refractivity contribution is 0.552. The molecule has 0 amide bonds. The molecule has 3 heteroatoms. The van der Waals surface area contributed by atoms with Crippen molar-refractivity contribution in [1.82, 2.24) is 4.90 Å². The van der Waals surface area contributed by atoms with Crippen LogP contribution < -0.4 is 0 Å². The molecule has 0 heterocycles. The summed E-state index contributed by atoms with van der Waals surface area (Å²) in [6.45, 7) is 7.09. The molecule has 2 nitrogen and oxygen atoms in total. The van der Waals surface area contributed by atoms with E-state index in [1.54, 1.807) is 12.1 Å². The monoisotopic (exact) mass is 310 g/mol. The Labute approximate surface area is 138 Å². The lowest BCUT2D eigenvalue weighted by Gasteiger charge is -2.10. The van der Waals surface area contributed by atoms with Crippen LogP contribution in [-0.4, -0.2) is 24.8 Å². The summed E-state index contributed by atoms with van der Waals surface area (Å²) in [7, 11) is 2.00. The van der Waals surface area contributed by atoms with Gasteiger partial charge in [0.25, 0.3) is 0 Å². The minimum absolute atomic E-state index is 0.207. The van der Waals surface area contributed by atoms with Crippen molar-refractivity contribution < 1.29 is 4.39 Å². The molecular weight excluding hydrogens is 287 g/mol. The molecule has 0 aliphatic heterocycles. The SMILES string of the molecule is CCN(C)C=Nc1cc(C)c(/C=C\c2ccccc2F)cc1C. The number of halogens is 1. The molecule has 0 radical (unpaired) electrons. The summed E-state index contributed by atoms with van der Waals surface area (Å²) in [5, 5.41) is 0. The van der Waals surface area contributed by atoms with Gasteiger partial charge in [-0.2, -0.15) is 0 Å². The van der Waals surface area contributed by atoms with Gasteiger partial charge in [-0.1, -0.05) is 30.4 Å². The van der Waals surface area contributed by atoms with E-state index in [-0.39, 0.29) is 5.82 Å². The van der Waals surface area contributed by atoms with Crippen molar-refractivity contribution in [1.29, 1.82) is 0 Å². The molecule has 0 bridgehead atoms. The van der Waals surface area contributed by atoms with Crippen molar-refractivity contribution in [2.75, 3.05) is 13.6 Å². The number of nitrogens with zero attached hydrogens (tertiary/aromatic N) is 2. The average Bonchev–Trinajstić information content (AvgIpc) is 2.54. The summed E-state index contributed by atoms with van der Waals surface area (Å²) in [6, 6.07) is 10.9. The second kappa shape index (κ2) is 7.73. The van der Waals surface area contributed by atoms with Gasteiger partial charge in [0, 0.05) is 19.2 Å². The maximum absolute atomic E-state index is 13.7. The zero-order valence-electron chi connectivity index (χ0n) is 14.2. The van der Waals surface area contributed by atoms with Crippen LogP contribution in [0.5, 0.6) is 0 Å². The van der Waals surface area contributed by atoms with Crippen LogP contribution in [0.15, 0.2) is 41.4 Å². The van der Waals surface area contributed by atoms with Crippen molar-refractivity contribution in [3.63, 3.8) is 0 Å². The van der Waals surface area contributed by atoms with Crippen LogP contribution in [0.25, 0.3) is 12.2 Å². The Morgan fingerprint density at radius 3 is 2.43 bits per heavy atom. The molecule has 0 atom stereocenters. The van der Waals surface area contributed by atoms with E-state index in [9.17, 15) is 4.39 Å². The third kappa shape index (κ3) is 4.52. The van der Waals surface area contributed by atoms with Crippen LogP contribution in [0.2, 0.25) is 0 Å². The van der Waals surface area contributed by atoms with Crippen molar-refractivity contribution in [3.8, 4) is 0 Å². The normalized spacial score (nSPS) is 11.5. The van der Waals surface area contributed by atoms with Crippen molar-refractivity contribution in [2.45, 2.75) is 20.8 Å². The maximum atomic E-state index is 13.7. The van der Waals surface area contributed by atoms with Gasteiger partial charge in [0.1, 0.15) is 5.82 Å². The number of hydrogen-bond donors (Lipinski definition) is 0. The van der Waals surface area contributed by atoms with E-state index in [1.165, 1.54) is 6.07 Å². The highest BCUT2D eigenvalue weighted by Gasteiger charge is 2.02. The van der Waals surface area contributed by atoms with Gasteiger partial charge in [0.05, 0.1) is 12.0 Å². The molecule has 0 aliphatic carbocycles. The first-order chi connectivity index (χ1) is 11.0. The molecule has 0 aromatic heterocycles. The molecule has 2 rings (SSSR count). The van der Waals surface area contributed by atoms with Gasteiger partial charge in [0.2, 0.25) is 0 Å². The minimum atomic E-state index is -0.207. The Bertz CT molecular complexity index is 732. The number of hydrogen-bond acceptors (Lipinski definition) is 1. The first-order valence-corrected chi connectivity index (χ1v) is 7.79. The third-order valence-corrected chi connectivity index (χ3v) is 3.83. The molecular formula is C20H23FN2. The first kappa shape index (κ1) is 16.9. The molecule has 0 saturated heterocycles. The van der Waals surface area contributed by atoms with Crippen LogP contribution in [-0.2, 0) is 0 Å². The first-order valence-electron chi connectivity index (χ1n) is 7.79. The van der Waals surface area contributed by atoms with Gasteiger partial charge in [-0.15, -0.1) is 0 Å². The summed E-state index contributed by atoms with van der Waals surface area (Å²) in [4.78, 5) is 6.56. The highest BCUT2D eigenvalue weighted by molar-refractivity contribution is 5.74. The predicted molar refractivity (Wildman–Crippen MR) is 97.7 cm³/mol. The summed E-state index contributed by atoms with van der Waals surface area (Å²) >= 11 is 0. The number of aryl methyl sites for hydroxylation is 2. The zero-order chi connectivity index (χ0) is 16.8. The molecule has 2 aromatic rings. The molecule has 0 aliphatic rings. The van der Waals surface area contributed by atoms with E-state index < -0.39 is 0 Å². The fourth-order valence-electron chi connectivity index (χ4n) is 2.17. The number of benzene rings is 2. The summed E-state index contributed by atoms with van der Waals surface area (Å²) in [5.74, 6) is -0.207. The van der Waals surface area contributed by atoms with Crippen LogP contribution in [0.4, 0.5) is 10.1 Å². The predicted octanol–water partition coefficient (Wildman–Crippen LogP) is 5.22. The second-order valence-electron chi connectivity index (χ2n) is 5.67. The summed E-state index contributed by atoms with van der Waals surface area (Å²) in [5.41, 5.74) is 4.86. The molecule has 0 fully saturated rings. The fraction of sp³-hybridized carbons (Fsp3) is 0.250. The van der Waals surface area contributed by atoms with E-state index in [4.69, 9.17) is 0 Å². The Balaban J connectivity index is 2.26. The Kier molecular flexibility index (Phi) is 5.69. The van der Waals surface area contributed by atoms with E-state index >= 15 is 0 Å². The highest BCUT2D eigenvalue weighted by atomic mass is 19.1. The number of aliphatic imine (C=N–C) groups is 1. The van der Waals surface area contributed by atoms with E-state index in [1.807, 2.05) is 50.4 Å². The molecule has 23 heavy (non-hydrogen) atoms. The maximum Gasteiger partial charge on any atom is 0.130 e. The van der Waals surface area contributed by atoms with Gasteiger partial charge in [0.15, 0.2) is 0 Å². The van der Waals surface area contributed by atoms with Gasteiger partial charge in [-0.3, -0.25) is 0 Å². The van der Waals surface area contributed by atoms with Gasteiger partial charge >= 0.3 is 0 Å². The second-order valence-corrected chi connectivity index (χ2v) is 5.67. The molecule has 0 saturated carbocycles. The summed E-state index contributed by atoms with van der Waals surface area (Å²) in [6.07, 6.45) is 5.61. The van der Waals surface area contributed by atoms with Gasteiger partial charge < -0.3 is 4.90 Å². The lowest BCUT2D eigenvalue weighted by Crippen LogP contribution is -2.14. The van der Waals surface area contributed by atoms with E-state index in [0.29, 0.717) is 5.56 Å². The third-order valence-electron chi connectivity index (χ3n) is 3.83. The molecule has 0 N–H and O–H groups in total. The highest BCUT2D eigenvalue weighted by Crippen LogP contribution is 2.24. The molecule has 0 unspecified atom stereocenters. The number of rotatable bonds is 5. The van der Waals surface area contributed by atoms with Crippen LogP contribution in [0.1, 0.15) is 29.2 Å². The van der Waals surface area contributed by atoms with Crippen LogP contribution >= 0.6 is 0 Å². The van der Waals surface area contributed by atoms with E-state index in [2.05, 4.69) is 24.0 Å². The van der Waals surface area contributed by atoms with Gasteiger partial charge in [-0.25, -0.2) is 9.38 Å². The summed E-state index contributed by atoms with van der Waals surface area (Å²) < 4.78 is 13.7. The molecule has 120 valence electrons. The van der Waals surface area contributed by atoms with Crippen LogP contribution in [0.3, 0.4) is 0 Å². The Morgan fingerprint density at radius 1 is 1.04 bits per heavy atom. The van der Waals surface area contributed by atoms with Crippen molar-refractivity contribution in [3.05, 3.63) is 64.5 Å². The smallest absolute Gasteiger partial charge is 0.130 e. The van der Waals surface area contributed by atoms with Crippen molar-refractivity contribution in [2.24, 2.45) is 4.99 Å². The fourth-order valence-corrected chi connectivity index (χ4v) is 2.17. The van der Waals surface area contributed by atoms with E-state index in [0.717, 1.165) is 28.9 Å². The lowest BCUT2D eigenvalue weighted by atomic mass is 10.0.